The van der Waals surface area contributed by atoms with Crippen LogP contribution in [-0.2, 0) is 0 Å². The van der Waals surface area contributed by atoms with Crippen LogP contribution < -0.4 is 15.1 Å². The molecule has 16 heavy (non-hydrogen) atoms. The molecule has 1 heterocycles. The van der Waals surface area contributed by atoms with Gasteiger partial charge in [0, 0.05) is 34.7 Å². The molecule has 3 N–H and O–H groups in total. The summed E-state index contributed by atoms with van der Waals surface area (Å²) in [5.41, 5.74) is 11.2. The molecule has 0 bridgehead atoms. The average Bonchev–Trinajstić information content (AvgIpc) is 2.28. The molecule has 0 aliphatic carbocycles. The molecular weight excluding hydrogens is 288 g/mol. The second-order valence-electron chi connectivity index (χ2n) is 3.39. The number of thiocarbonyl (C=S) groups is 1. The zero-order chi connectivity index (χ0) is 11.5. The Hall–Kier alpha value is -1.14. The summed E-state index contributed by atoms with van der Waals surface area (Å²) in [6, 6.07) is 8.06. The number of para-hydroxylation sites is 1. The molecule has 0 amide bonds. The summed E-state index contributed by atoms with van der Waals surface area (Å²) >= 11 is 8.23. The molecular formula is C10H11BrN4S. The van der Waals surface area contributed by atoms with Gasteiger partial charge in [0.2, 0.25) is 0 Å². The second kappa shape index (κ2) is 4.80. The Labute approximate surface area is 108 Å². The molecule has 4 nitrogen and oxygen atoms in total. The lowest BCUT2D eigenvalue weighted by atomic mass is 10.0. The highest BCUT2D eigenvalue weighted by Gasteiger charge is 2.19. The summed E-state index contributed by atoms with van der Waals surface area (Å²) in [5, 5.41) is 4.40. The molecule has 0 unspecified atom stereocenters. The fraction of sp³-hybridized carbons (Fsp3) is 0.200. The van der Waals surface area contributed by atoms with Crippen molar-refractivity contribution in [1.82, 2.24) is 5.43 Å². The van der Waals surface area contributed by atoms with E-state index in [-0.39, 0.29) is 5.11 Å². The number of nitrogens with zero attached hydrogens (tertiary/aromatic N) is 2. The van der Waals surface area contributed by atoms with Crippen molar-refractivity contribution in [3.63, 3.8) is 0 Å². The van der Waals surface area contributed by atoms with E-state index in [0.29, 0.717) is 0 Å². The zero-order valence-corrected chi connectivity index (χ0v) is 10.9. The molecule has 6 heteroatoms. The summed E-state index contributed by atoms with van der Waals surface area (Å²) in [5.74, 6) is 0. The van der Waals surface area contributed by atoms with Gasteiger partial charge in [-0.2, -0.15) is 5.10 Å². The average molecular weight is 299 g/mol. The van der Waals surface area contributed by atoms with Gasteiger partial charge in [-0.05, 0) is 18.3 Å². The van der Waals surface area contributed by atoms with Gasteiger partial charge in [0.25, 0.3) is 0 Å². The molecule has 0 fully saturated rings. The van der Waals surface area contributed by atoms with E-state index in [0.717, 1.165) is 29.9 Å². The zero-order valence-electron chi connectivity index (χ0n) is 8.48. The number of nitrogens with two attached hydrogens (primary N) is 1. The van der Waals surface area contributed by atoms with Crippen molar-refractivity contribution < 1.29 is 0 Å². The first kappa shape index (κ1) is 11.3. The summed E-state index contributed by atoms with van der Waals surface area (Å²) in [4.78, 5) is 0. The van der Waals surface area contributed by atoms with Crippen LogP contribution in [0.25, 0.3) is 0 Å². The smallest absolute Gasteiger partial charge is 0.184 e. The molecule has 1 aromatic carbocycles. The molecule has 1 aliphatic rings. The Balaban J connectivity index is 2.34. The SMILES string of the molecule is NC(=S)NN=C1CCN(Br)c2ccccc21. The largest absolute Gasteiger partial charge is 0.375 e. The first-order valence-electron chi connectivity index (χ1n) is 4.83. The monoisotopic (exact) mass is 298 g/mol. The maximum Gasteiger partial charge on any atom is 0.184 e. The third-order valence-electron chi connectivity index (χ3n) is 2.32. The highest BCUT2D eigenvalue weighted by Crippen LogP contribution is 2.29. The fourth-order valence-corrected chi connectivity index (χ4v) is 2.16. The predicted molar refractivity (Wildman–Crippen MR) is 73.8 cm³/mol. The van der Waals surface area contributed by atoms with E-state index in [1.807, 2.05) is 28.2 Å². The molecule has 0 spiro atoms. The van der Waals surface area contributed by atoms with Gasteiger partial charge in [-0.1, -0.05) is 18.2 Å². The number of fused-ring (bicyclic) bond motifs is 1. The molecule has 84 valence electrons. The molecule has 0 saturated carbocycles. The normalized spacial score (nSPS) is 17.1. The van der Waals surface area contributed by atoms with E-state index >= 15 is 0 Å². The maximum atomic E-state index is 5.35. The number of hydrazone groups is 1. The Morgan fingerprint density at radius 2 is 2.25 bits per heavy atom. The van der Waals surface area contributed by atoms with Gasteiger partial charge in [0.05, 0.1) is 11.4 Å². The van der Waals surface area contributed by atoms with Crippen LogP contribution in [0, 0.1) is 0 Å². The highest BCUT2D eigenvalue weighted by molar-refractivity contribution is 9.10. The van der Waals surface area contributed by atoms with Crippen molar-refractivity contribution in [2.75, 3.05) is 10.5 Å². The predicted octanol–water partition coefficient (Wildman–Crippen LogP) is 1.74. The Kier molecular flexibility index (Phi) is 3.40. The van der Waals surface area contributed by atoms with Gasteiger partial charge >= 0.3 is 0 Å². The van der Waals surface area contributed by atoms with E-state index in [4.69, 9.17) is 18.0 Å². The van der Waals surface area contributed by atoms with Crippen LogP contribution in [0.4, 0.5) is 5.69 Å². The lowest BCUT2D eigenvalue weighted by Gasteiger charge is -2.26. The van der Waals surface area contributed by atoms with E-state index < -0.39 is 0 Å². The third kappa shape index (κ3) is 2.33. The van der Waals surface area contributed by atoms with Crippen molar-refractivity contribution in [2.24, 2.45) is 10.8 Å². The van der Waals surface area contributed by atoms with Crippen LogP contribution in [-0.4, -0.2) is 17.4 Å². The summed E-state index contributed by atoms with van der Waals surface area (Å²) in [6.07, 6.45) is 0.845. The Bertz CT molecular complexity index is 446. The summed E-state index contributed by atoms with van der Waals surface area (Å²) in [7, 11) is 0. The minimum absolute atomic E-state index is 0.186. The van der Waals surface area contributed by atoms with Crippen molar-refractivity contribution in [2.45, 2.75) is 6.42 Å². The number of nitrogens with one attached hydrogen (secondary N) is 1. The van der Waals surface area contributed by atoms with Crippen LogP contribution >= 0.6 is 28.4 Å². The number of hydrogen-bond donors (Lipinski definition) is 2. The van der Waals surface area contributed by atoms with Gasteiger partial charge in [-0.3, -0.25) is 5.43 Å². The standard InChI is InChI=1S/C10H11BrN4S/c11-15-6-5-8(13-14-10(12)16)7-3-1-2-4-9(7)15/h1-4H,5-6H2,(H3,12,14,16). The maximum absolute atomic E-state index is 5.35. The van der Waals surface area contributed by atoms with Crippen molar-refractivity contribution >= 4 is 44.9 Å². The second-order valence-corrected chi connectivity index (χ2v) is 4.68. The number of halogens is 1. The van der Waals surface area contributed by atoms with Crippen molar-refractivity contribution in [1.29, 1.82) is 0 Å². The van der Waals surface area contributed by atoms with Crippen LogP contribution in [0.3, 0.4) is 0 Å². The minimum Gasteiger partial charge on any atom is -0.375 e. The first-order chi connectivity index (χ1) is 7.68. The molecule has 0 atom stereocenters. The van der Waals surface area contributed by atoms with E-state index in [1.54, 1.807) is 0 Å². The van der Waals surface area contributed by atoms with E-state index in [9.17, 15) is 0 Å². The highest BCUT2D eigenvalue weighted by atomic mass is 79.9. The Morgan fingerprint density at radius 3 is 3.00 bits per heavy atom. The van der Waals surface area contributed by atoms with E-state index in [2.05, 4.69) is 26.7 Å². The van der Waals surface area contributed by atoms with Crippen molar-refractivity contribution in [3.05, 3.63) is 29.8 Å². The quantitative estimate of drug-likeness (QED) is 0.471. The summed E-state index contributed by atoms with van der Waals surface area (Å²) in [6.45, 7) is 0.870. The molecule has 1 aliphatic heterocycles. The lowest BCUT2D eigenvalue weighted by Crippen LogP contribution is -2.29. The molecule has 0 radical (unpaired) electrons. The van der Waals surface area contributed by atoms with Crippen molar-refractivity contribution in [3.8, 4) is 0 Å². The van der Waals surface area contributed by atoms with Crippen LogP contribution in [0.5, 0.6) is 0 Å². The van der Waals surface area contributed by atoms with Gasteiger partial charge in [0.15, 0.2) is 5.11 Å². The van der Waals surface area contributed by atoms with Crippen LogP contribution in [0.1, 0.15) is 12.0 Å². The molecule has 2 rings (SSSR count). The van der Waals surface area contributed by atoms with Gasteiger partial charge < -0.3 is 9.66 Å². The fourth-order valence-electron chi connectivity index (χ4n) is 1.63. The number of rotatable bonds is 1. The topological polar surface area (TPSA) is 53.6 Å². The summed E-state index contributed by atoms with van der Waals surface area (Å²) < 4.78 is 2.03. The lowest BCUT2D eigenvalue weighted by molar-refractivity contribution is 0.961. The molecule has 0 aromatic heterocycles. The van der Waals surface area contributed by atoms with Gasteiger partial charge in [-0.15, -0.1) is 0 Å². The van der Waals surface area contributed by atoms with Crippen LogP contribution in [0.2, 0.25) is 0 Å². The Morgan fingerprint density at radius 1 is 1.50 bits per heavy atom. The first-order valence-corrected chi connectivity index (χ1v) is 5.95. The van der Waals surface area contributed by atoms with Gasteiger partial charge in [0.1, 0.15) is 0 Å². The van der Waals surface area contributed by atoms with E-state index in [1.165, 1.54) is 0 Å². The third-order valence-corrected chi connectivity index (χ3v) is 3.15. The number of hydrogen-bond acceptors (Lipinski definition) is 3. The molecule has 1 aromatic rings. The van der Waals surface area contributed by atoms with Crippen LogP contribution in [0.15, 0.2) is 29.4 Å². The molecule has 0 saturated heterocycles. The number of benzene rings is 1. The number of anilines is 1. The van der Waals surface area contributed by atoms with Gasteiger partial charge in [-0.25, -0.2) is 0 Å². The minimum atomic E-state index is 0.186.